The molecule has 1 amide bonds. The van der Waals surface area contributed by atoms with Crippen LogP contribution in [0.3, 0.4) is 0 Å². The number of methoxy groups -OCH3 is 2. The Labute approximate surface area is 137 Å². The van der Waals surface area contributed by atoms with Crippen molar-refractivity contribution in [1.29, 1.82) is 0 Å². The van der Waals surface area contributed by atoms with E-state index in [1.807, 2.05) is 40.4 Å². The van der Waals surface area contributed by atoms with Gasteiger partial charge in [-0.1, -0.05) is 6.07 Å². The Morgan fingerprint density at radius 3 is 2.87 bits per heavy atom. The largest absolute Gasteiger partial charge is 0.493 e. The van der Waals surface area contributed by atoms with Crippen LogP contribution in [0.4, 0.5) is 0 Å². The molecule has 0 radical (unpaired) electrons. The minimum absolute atomic E-state index is 0.0643. The number of hydrogen-bond acceptors (Lipinski definition) is 5. The summed E-state index contributed by atoms with van der Waals surface area (Å²) in [6.07, 6.45) is 4.07. The van der Waals surface area contributed by atoms with Crippen molar-refractivity contribution in [2.75, 3.05) is 14.2 Å². The summed E-state index contributed by atoms with van der Waals surface area (Å²) in [5.41, 5.74) is 1.71. The lowest BCUT2D eigenvalue weighted by atomic mass is 10.2. The second-order valence-electron chi connectivity index (χ2n) is 4.97. The van der Waals surface area contributed by atoms with Crippen LogP contribution in [0.2, 0.25) is 0 Å². The van der Waals surface area contributed by atoms with Crippen molar-refractivity contribution in [3.63, 3.8) is 0 Å². The first-order chi connectivity index (χ1) is 11.2. The van der Waals surface area contributed by atoms with E-state index in [9.17, 15) is 4.79 Å². The van der Waals surface area contributed by atoms with Crippen molar-refractivity contribution < 1.29 is 14.3 Å². The maximum absolute atomic E-state index is 12.0. The molecule has 2 heterocycles. The molecule has 6 nitrogen and oxygen atoms in total. The third-order valence-electron chi connectivity index (χ3n) is 3.42. The number of rotatable bonds is 6. The molecule has 0 spiro atoms. The molecule has 3 rings (SSSR count). The fourth-order valence-electron chi connectivity index (χ4n) is 2.28. The number of carbonyl (C=O) groups excluding carboxylic acids is 1. The van der Waals surface area contributed by atoms with Gasteiger partial charge in [-0.25, -0.2) is 4.98 Å². The molecule has 0 unspecified atom stereocenters. The van der Waals surface area contributed by atoms with E-state index in [4.69, 9.17) is 9.47 Å². The molecular weight excluding hydrogens is 314 g/mol. The van der Waals surface area contributed by atoms with E-state index in [0.717, 1.165) is 16.2 Å². The molecule has 7 heteroatoms. The number of thiazole rings is 1. The number of hydrogen-bond donors (Lipinski definition) is 1. The van der Waals surface area contributed by atoms with E-state index in [1.54, 1.807) is 25.6 Å². The lowest BCUT2D eigenvalue weighted by Gasteiger charge is -2.10. The molecule has 1 N–H and O–H groups in total. The van der Waals surface area contributed by atoms with E-state index in [0.29, 0.717) is 18.0 Å². The Bertz CT molecular complexity index is 796. The molecule has 3 aromatic rings. The Hall–Kier alpha value is -2.54. The number of nitrogens with zero attached hydrogens (tertiary/aromatic N) is 2. The lowest BCUT2D eigenvalue weighted by molar-refractivity contribution is -0.120. The highest BCUT2D eigenvalue weighted by Gasteiger charge is 2.09. The van der Waals surface area contributed by atoms with E-state index in [-0.39, 0.29) is 12.3 Å². The van der Waals surface area contributed by atoms with Gasteiger partial charge in [-0.3, -0.25) is 9.20 Å². The normalized spacial score (nSPS) is 10.7. The Kier molecular flexibility index (Phi) is 4.47. The van der Waals surface area contributed by atoms with Crippen molar-refractivity contribution in [3.8, 4) is 11.5 Å². The minimum atomic E-state index is -0.0643. The average Bonchev–Trinajstić information content (AvgIpc) is 3.13. The summed E-state index contributed by atoms with van der Waals surface area (Å²) < 4.78 is 12.4. The summed E-state index contributed by atoms with van der Waals surface area (Å²) in [5.74, 6) is 1.25. The van der Waals surface area contributed by atoms with E-state index < -0.39 is 0 Å². The zero-order chi connectivity index (χ0) is 16.2. The predicted molar refractivity (Wildman–Crippen MR) is 88.2 cm³/mol. The number of aromatic nitrogens is 2. The van der Waals surface area contributed by atoms with Gasteiger partial charge in [0.15, 0.2) is 16.5 Å². The van der Waals surface area contributed by atoms with Crippen LogP contribution in [0.25, 0.3) is 4.96 Å². The highest BCUT2D eigenvalue weighted by molar-refractivity contribution is 7.15. The van der Waals surface area contributed by atoms with Gasteiger partial charge in [0.25, 0.3) is 0 Å². The molecule has 1 aromatic carbocycles. The summed E-state index contributed by atoms with van der Waals surface area (Å²) >= 11 is 1.55. The minimum Gasteiger partial charge on any atom is -0.493 e. The summed E-state index contributed by atoms with van der Waals surface area (Å²) in [6.45, 7) is 0.432. The maximum Gasteiger partial charge on any atom is 0.226 e. The monoisotopic (exact) mass is 331 g/mol. The smallest absolute Gasteiger partial charge is 0.226 e. The number of benzene rings is 1. The van der Waals surface area contributed by atoms with Gasteiger partial charge in [-0.05, 0) is 17.7 Å². The molecule has 23 heavy (non-hydrogen) atoms. The standard InChI is InChI=1S/C16H17N3O3S/c1-21-13-4-3-11(7-14(13)22-2)9-17-15(20)8-12-10-19-5-6-23-16(19)18-12/h3-7,10H,8-9H2,1-2H3,(H,17,20). The number of amides is 1. The van der Waals surface area contributed by atoms with E-state index in [1.165, 1.54) is 0 Å². The van der Waals surface area contributed by atoms with Gasteiger partial charge in [0.05, 0.1) is 26.3 Å². The second-order valence-corrected chi connectivity index (χ2v) is 5.84. The molecule has 0 atom stereocenters. The molecule has 0 aliphatic carbocycles. The molecule has 0 saturated heterocycles. The topological polar surface area (TPSA) is 64.9 Å². The van der Waals surface area contributed by atoms with Gasteiger partial charge in [0.2, 0.25) is 5.91 Å². The fourth-order valence-corrected chi connectivity index (χ4v) is 3.00. The zero-order valence-corrected chi connectivity index (χ0v) is 13.7. The van der Waals surface area contributed by atoms with Crippen molar-refractivity contribution >= 4 is 22.2 Å². The third kappa shape index (κ3) is 3.45. The van der Waals surface area contributed by atoms with Crippen LogP contribution in [-0.4, -0.2) is 29.5 Å². The molecule has 0 saturated carbocycles. The van der Waals surface area contributed by atoms with E-state index >= 15 is 0 Å². The first-order valence-electron chi connectivity index (χ1n) is 7.08. The summed E-state index contributed by atoms with van der Waals surface area (Å²) in [4.78, 5) is 17.3. The maximum atomic E-state index is 12.0. The van der Waals surface area contributed by atoms with Crippen LogP contribution in [0, 0.1) is 0 Å². The van der Waals surface area contributed by atoms with Gasteiger partial charge < -0.3 is 14.8 Å². The Morgan fingerprint density at radius 1 is 1.30 bits per heavy atom. The van der Waals surface area contributed by atoms with Crippen LogP contribution in [0.1, 0.15) is 11.3 Å². The van der Waals surface area contributed by atoms with Crippen molar-refractivity contribution in [2.45, 2.75) is 13.0 Å². The molecular formula is C16H17N3O3S. The van der Waals surface area contributed by atoms with Crippen LogP contribution in [0.5, 0.6) is 11.5 Å². The van der Waals surface area contributed by atoms with Gasteiger partial charge in [0, 0.05) is 24.3 Å². The molecule has 0 aliphatic heterocycles. The van der Waals surface area contributed by atoms with Gasteiger partial charge in [0.1, 0.15) is 0 Å². The first-order valence-corrected chi connectivity index (χ1v) is 7.96. The quantitative estimate of drug-likeness (QED) is 0.752. The van der Waals surface area contributed by atoms with Crippen LogP contribution in [0.15, 0.2) is 36.0 Å². The number of carbonyl (C=O) groups is 1. The predicted octanol–water partition coefficient (Wildman–Crippen LogP) is 2.27. The van der Waals surface area contributed by atoms with Gasteiger partial charge in [-0.2, -0.15) is 0 Å². The first kappa shape index (κ1) is 15.4. The lowest BCUT2D eigenvalue weighted by Crippen LogP contribution is -2.24. The molecule has 0 bridgehead atoms. The molecule has 0 fully saturated rings. The van der Waals surface area contributed by atoms with Crippen molar-refractivity contribution in [3.05, 3.63) is 47.2 Å². The SMILES string of the molecule is COc1ccc(CNC(=O)Cc2cn3ccsc3n2)cc1OC. The number of fused-ring (bicyclic) bond motifs is 1. The summed E-state index contributed by atoms with van der Waals surface area (Å²) in [6, 6.07) is 5.57. The third-order valence-corrected chi connectivity index (χ3v) is 4.19. The molecule has 0 aliphatic rings. The Morgan fingerprint density at radius 2 is 2.13 bits per heavy atom. The fraction of sp³-hybridized carbons (Fsp3) is 0.250. The summed E-state index contributed by atoms with van der Waals surface area (Å²) in [5, 5.41) is 4.85. The zero-order valence-electron chi connectivity index (χ0n) is 12.9. The van der Waals surface area contributed by atoms with E-state index in [2.05, 4.69) is 10.3 Å². The molecule has 2 aromatic heterocycles. The van der Waals surface area contributed by atoms with Gasteiger partial charge in [-0.15, -0.1) is 11.3 Å². The number of ether oxygens (including phenoxy) is 2. The second kappa shape index (κ2) is 6.70. The van der Waals surface area contributed by atoms with Crippen LogP contribution >= 0.6 is 11.3 Å². The van der Waals surface area contributed by atoms with Crippen molar-refractivity contribution in [1.82, 2.24) is 14.7 Å². The van der Waals surface area contributed by atoms with Crippen LogP contribution < -0.4 is 14.8 Å². The average molecular weight is 331 g/mol. The Balaban J connectivity index is 1.59. The number of imidazole rings is 1. The highest BCUT2D eigenvalue weighted by atomic mass is 32.1. The number of nitrogens with one attached hydrogen (secondary N) is 1. The van der Waals surface area contributed by atoms with Gasteiger partial charge >= 0.3 is 0 Å². The summed E-state index contributed by atoms with van der Waals surface area (Å²) in [7, 11) is 3.18. The molecule has 120 valence electrons. The van der Waals surface area contributed by atoms with Crippen LogP contribution in [-0.2, 0) is 17.8 Å². The van der Waals surface area contributed by atoms with Crippen molar-refractivity contribution in [2.24, 2.45) is 0 Å². The highest BCUT2D eigenvalue weighted by Crippen LogP contribution is 2.27.